The molecule has 1 fully saturated rings. The first-order chi connectivity index (χ1) is 8.66. The molecule has 1 atom stereocenters. The summed E-state index contributed by atoms with van der Waals surface area (Å²) in [6, 6.07) is 8.14. The monoisotopic (exact) mass is 266 g/mol. The summed E-state index contributed by atoms with van der Waals surface area (Å²) in [5.74, 6) is 1.48. The van der Waals surface area contributed by atoms with Crippen molar-refractivity contribution >= 4 is 17.3 Å². The van der Waals surface area contributed by atoms with Gasteiger partial charge >= 0.3 is 0 Å². The van der Waals surface area contributed by atoms with Gasteiger partial charge in [-0.2, -0.15) is 0 Å². The third kappa shape index (κ3) is 3.63. The van der Waals surface area contributed by atoms with Crippen LogP contribution in [0.3, 0.4) is 0 Å². The minimum Gasteiger partial charge on any atom is -0.370 e. The van der Waals surface area contributed by atoms with Gasteiger partial charge in [0.25, 0.3) is 0 Å². The molecule has 0 saturated carbocycles. The van der Waals surface area contributed by atoms with Crippen LogP contribution in [0.1, 0.15) is 20.3 Å². The van der Waals surface area contributed by atoms with E-state index in [1.807, 2.05) is 12.1 Å². The zero-order chi connectivity index (χ0) is 13.0. The lowest BCUT2D eigenvalue weighted by Gasteiger charge is -2.20. The Morgan fingerprint density at radius 1 is 1.39 bits per heavy atom. The smallest absolute Gasteiger partial charge is 0.0639 e. The van der Waals surface area contributed by atoms with E-state index in [9.17, 15) is 0 Å². The van der Waals surface area contributed by atoms with Crippen LogP contribution in [0.25, 0.3) is 0 Å². The predicted molar refractivity (Wildman–Crippen MR) is 79.5 cm³/mol. The van der Waals surface area contributed by atoms with Crippen molar-refractivity contribution in [1.29, 1.82) is 0 Å². The van der Waals surface area contributed by atoms with Crippen molar-refractivity contribution < 1.29 is 0 Å². The summed E-state index contributed by atoms with van der Waals surface area (Å²) in [5.41, 5.74) is 1.19. The maximum Gasteiger partial charge on any atom is 0.0639 e. The number of benzene rings is 1. The number of hydrogen-bond donors (Lipinski definition) is 1. The SMILES string of the molecule is CC(C)CNCC1CCN(c2ccccc2Cl)C1. The normalized spacial score (nSPS) is 19.8. The molecule has 0 radical (unpaired) electrons. The van der Waals surface area contributed by atoms with Crippen molar-refractivity contribution in [2.24, 2.45) is 11.8 Å². The summed E-state index contributed by atoms with van der Waals surface area (Å²) in [4.78, 5) is 2.41. The summed E-state index contributed by atoms with van der Waals surface area (Å²) in [7, 11) is 0. The molecule has 0 bridgehead atoms. The van der Waals surface area contributed by atoms with Gasteiger partial charge < -0.3 is 10.2 Å². The van der Waals surface area contributed by atoms with E-state index in [2.05, 4.69) is 36.2 Å². The molecule has 0 spiro atoms. The standard InChI is InChI=1S/C15H23ClN2/c1-12(2)9-17-10-13-7-8-18(11-13)15-6-4-3-5-14(15)16/h3-6,12-13,17H,7-11H2,1-2H3. The second-order valence-corrected chi connectivity index (χ2v) is 6.01. The van der Waals surface area contributed by atoms with Crippen molar-refractivity contribution in [3.05, 3.63) is 29.3 Å². The first kappa shape index (κ1) is 13.7. The highest BCUT2D eigenvalue weighted by molar-refractivity contribution is 6.33. The van der Waals surface area contributed by atoms with Crippen LogP contribution < -0.4 is 10.2 Å². The molecule has 18 heavy (non-hydrogen) atoms. The zero-order valence-electron chi connectivity index (χ0n) is 11.3. The highest BCUT2D eigenvalue weighted by atomic mass is 35.5. The summed E-state index contributed by atoms with van der Waals surface area (Å²) in [6.45, 7) is 8.98. The van der Waals surface area contributed by atoms with Crippen LogP contribution in [0, 0.1) is 11.8 Å². The summed E-state index contributed by atoms with van der Waals surface area (Å²) >= 11 is 6.24. The Morgan fingerprint density at radius 3 is 2.89 bits per heavy atom. The van der Waals surface area contributed by atoms with E-state index in [-0.39, 0.29) is 0 Å². The average Bonchev–Trinajstić information content (AvgIpc) is 2.78. The van der Waals surface area contributed by atoms with Gasteiger partial charge in [-0.05, 0) is 43.5 Å². The molecule has 1 unspecified atom stereocenters. The molecule has 1 aromatic rings. The highest BCUT2D eigenvalue weighted by Gasteiger charge is 2.23. The van der Waals surface area contributed by atoms with Gasteiger partial charge in [0.1, 0.15) is 0 Å². The number of para-hydroxylation sites is 1. The summed E-state index contributed by atoms with van der Waals surface area (Å²) in [5, 5.41) is 4.42. The molecule has 0 aromatic heterocycles. The minimum absolute atomic E-state index is 0.728. The van der Waals surface area contributed by atoms with Crippen LogP contribution in [-0.2, 0) is 0 Å². The van der Waals surface area contributed by atoms with Crippen LogP contribution in [0.5, 0.6) is 0 Å². The van der Waals surface area contributed by atoms with E-state index in [4.69, 9.17) is 11.6 Å². The second-order valence-electron chi connectivity index (χ2n) is 5.60. The molecule has 0 aliphatic carbocycles. The van der Waals surface area contributed by atoms with Gasteiger partial charge in [-0.3, -0.25) is 0 Å². The molecule has 0 amide bonds. The molecule has 2 rings (SSSR count). The molecule has 1 N–H and O–H groups in total. The molecule has 1 saturated heterocycles. The lowest BCUT2D eigenvalue weighted by atomic mass is 10.1. The topological polar surface area (TPSA) is 15.3 Å². The third-order valence-corrected chi connectivity index (χ3v) is 3.78. The molecular formula is C15H23ClN2. The Morgan fingerprint density at radius 2 is 2.17 bits per heavy atom. The largest absolute Gasteiger partial charge is 0.370 e. The number of nitrogens with zero attached hydrogens (tertiary/aromatic N) is 1. The first-order valence-electron chi connectivity index (χ1n) is 6.87. The molecular weight excluding hydrogens is 244 g/mol. The Bertz CT molecular complexity index is 379. The van der Waals surface area contributed by atoms with E-state index in [1.165, 1.54) is 12.1 Å². The third-order valence-electron chi connectivity index (χ3n) is 3.46. The van der Waals surface area contributed by atoms with Crippen molar-refractivity contribution in [2.75, 3.05) is 31.1 Å². The molecule has 100 valence electrons. The number of anilines is 1. The number of halogens is 1. The molecule has 2 nitrogen and oxygen atoms in total. The van der Waals surface area contributed by atoms with E-state index in [0.717, 1.165) is 43.0 Å². The van der Waals surface area contributed by atoms with Gasteiger partial charge in [0.2, 0.25) is 0 Å². The van der Waals surface area contributed by atoms with Gasteiger partial charge in [-0.25, -0.2) is 0 Å². The van der Waals surface area contributed by atoms with E-state index >= 15 is 0 Å². The maximum absolute atomic E-state index is 6.24. The van der Waals surface area contributed by atoms with Crippen molar-refractivity contribution in [1.82, 2.24) is 5.32 Å². The molecule has 1 aliphatic rings. The number of nitrogens with one attached hydrogen (secondary N) is 1. The van der Waals surface area contributed by atoms with Gasteiger partial charge in [0.05, 0.1) is 10.7 Å². The van der Waals surface area contributed by atoms with Crippen LogP contribution in [0.2, 0.25) is 5.02 Å². The van der Waals surface area contributed by atoms with Crippen LogP contribution in [0.15, 0.2) is 24.3 Å². The number of hydrogen-bond acceptors (Lipinski definition) is 2. The Labute approximate surface area is 115 Å². The first-order valence-corrected chi connectivity index (χ1v) is 7.25. The average molecular weight is 267 g/mol. The number of rotatable bonds is 5. The molecule has 1 aliphatic heterocycles. The lowest BCUT2D eigenvalue weighted by molar-refractivity contribution is 0.477. The predicted octanol–water partition coefficient (Wildman–Crippen LogP) is 3.41. The Balaban J connectivity index is 1.83. The van der Waals surface area contributed by atoms with Crippen molar-refractivity contribution in [2.45, 2.75) is 20.3 Å². The minimum atomic E-state index is 0.728. The Hall–Kier alpha value is -0.730. The van der Waals surface area contributed by atoms with E-state index in [1.54, 1.807) is 0 Å². The summed E-state index contributed by atoms with van der Waals surface area (Å²) in [6.07, 6.45) is 1.26. The highest BCUT2D eigenvalue weighted by Crippen LogP contribution is 2.29. The zero-order valence-corrected chi connectivity index (χ0v) is 12.1. The van der Waals surface area contributed by atoms with Crippen molar-refractivity contribution in [3.63, 3.8) is 0 Å². The fourth-order valence-corrected chi connectivity index (χ4v) is 2.76. The maximum atomic E-state index is 6.24. The molecule has 1 aromatic carbocycles. The molecule has 3 heteroatoms. The lowest BCUT2D eigenvalue weighted by Crippen LogP contribution is -2.28. The van der Waals surface area contributed by atoms with E-state index in [0.29, 0.717) is 0 Å². The summed E-state index contributed by atoms with van der Waals surface area (Å²) < 4.78 is 0. The quantitative estimate of drug-likeness (QED) is 0.879. The van der Waals surface area contributed by atoms with Gasteiger partial charge in [-0.1, -0.05) is 37.6 Å². The Kier molecular flexibility index (Phi) is 4.90. The van der Waals surface area contributed by atoms with E-state index < -0.39 is 0 Å². The van der Waals surface area contributed by atoms with Crippen LogP contribution in [0.4, 0.5) is 5.69 Å². The van der Waals surface area contributed by atoms with Gasteiger partial charge in [0, 0.05) is 13.1 Å². The molecule has 1 heterocycles. The second kappa shape index (κ2) is 6.44. The van der Waals surface area contributed by atoms with Gasteiger partial charge in [-0.15, -0.1) is 0 Å². The van der Waals surface area contributed by atoms with Gasteiger partial charge in [0.15, 0.2) is 0 Å². The van der Waals surface area contributed by atoms with Crippen molar-refractivity contribution in [3.8, 4) is 0 Å². The fraction of sp³-hybridized carbons (Fsp3) is 0.600. The van der Waals surface area contributed by atoms with Crippen LogP contribution >= 0.6 is 11.6 Å². The fourth-order valence-electron chi connectivity index (χ4n) is 2.50. The van der Waals surface area contributed by atoms with Crippen LogP contribution in [-0.4, -0.2) is 26.2 Å².